The van der Waals surface area contributed by atoms with Crippen LogP contribution < -0.4 is 0 Å². The average molecular weight is 243 g/mol. The van der Waals surface area contributed by atoms with Crippen LogP contribution in [0.15, 0.2) is 18.3 Å². The lowest BCUT2D eigenvalue weighted by Gasteiger charge is -2.12. The second kappa shape index (κ2) is 4.82. The third-order valence-corrected chi connectivity index (χ3v) is 1.96. The van der Waals surface area contributed by atoms with Crippen LogP contribution in [-0.4, -0.2) is 29.4 Å². The summed E-state index contributed by atoms with van der Waals surface area (Å²) in [4.78, 5) is 16.0. The molecule has 0 aliphatic heterocycles. The summed E-state index contributed by atoms with van der Waals surface area (Å²) in [6, 6.07) is 3.51. The number of amides is 1. The molecule has 0 spiro atoms. The molecule has 0 saturated heterocycles. The zero-order valence-corrected chi connectivity index (χ0v) is 8.82. The van der Waals surface area contributed by atoms with Crippen molar-refractivity contribution in [3.8, 4) is 6.07 Å². The lowest BCUT2D eigenvalue weighted by Crippen LogP contribution is -2.27. The van der Waals surface area contributed by atoms with Crippen LogP contribution in [0.2, 0.25) is 0 Å². The van der Waals surface area contributed by atoms with Gasteiger partial charge in [-0.25, -0.2) is 0 Å². The molecule has 0 aromatic carbocycles. The Balaban J connectivity index is 2.89. The lowest BCUT2D eigenvalue weighted by molar-refractivity contribution is -0.137. The summed E-state index contributed by atoms with van der Waals surface area (Å²) < 4.78 is 36.7. The Hall–Kier alpha value is -2.10. The minimum Gasteiger partial charge on any atom is -0.327 e. The summed E-state index contributed by atoms with van der Waals surface area (Å²) in [5.74, 6) is -0.597. The minimum atomic E-state index is -4.48. The molecule has 1 rings (SSSR count). The zero-order chi connectivity index (χ0) is 13.1. The predicted octanol–water partition coefficient (Wildman–Crippen LogP) is 1.70. The van der Waals surface area contributed by atoms with E-state index in [1.807, 2.05) is 0 Å². The van der Waals surface area contributed by atoms with Gasteiger partial charge in [-0.2, -0.15) is 18.4 Å². The molecule has 0 unspecified atom stereocenters. The molecule has 0 radical (unpaired) electrons. The molecule has 0 fully saturated rings. The van der Waals surface area contributed by atoms with Crippen LogP contribution in [-0.2, 0) is 6.18 Å². The van der Waals surface area contributed by atoms with Gasteiger partial charge in [-0.05, 0) is 12.1 Å². The number of aromatic nitrogens is 1. The molecule has 0 aliphatic carbocycles. The first-order chi connectivity index (χ1) is 7.86. The molecule has 1 aromatic heterocycles. The molecule has 1 amide bonds. The van der Waals surface area contributed by atoms with Crippen molar-refractivity contribution in [1.82, 2.24) is 9.88 Å². The van der Waals surface area contributed by atoms with E-state index in [9.17, 15) is 18.0 Å². The highest BCUT2D eigenvalue weighted by Gasteiger charge is 2.31. The molecule has 0 N–H and O–H groups in total. The van der Waals surface area contributed by atoms with Crippen LogP contribution in [0.1, 0.15) is 16.1 Å². The number of hydrogen-bond acceptors (Lipinski definition) is 3. The molecule has 17 heavy (non-hydrogen) atoms. The van der Waals surface area contributed by atoms with E-state index >= 15 is 0 Å². The molecule has 7 heteroatoms. The molecule has 1 aromatic rings. The Morgan fingerprint density at radius 1 is 1.53 bits per heavy atom. The third-order valence-electron chi connectivity index (χ3n) is 1.96. The van der Waals surface area contributed by atoms with Gasteiger partial charge in [-0.1, -0.05) is 0 Å². The van der Waals surface area contributed by atoms with Crippen LogP contribution in [0.3, 0.4) is 0 Å². The Morgan fingerprint density at radius 2 is 2.18 bits per heavy atom. The lowest BCUT2D eigenvalue weighted by atomic mass is 10.2. The molecule has 0 bridgehead atoms. The summed E-state index contributed by atoms with van der Waals surface area (Å²) >= 11 is 0. The standard InChI is InChI=1S/C10H8F3N3O/c1-16(5-4-14)9(17)8-3-2-7(6-15-8)10(11,12)13/h2-3,6H,5H2,1H3. The second-order valence-corrected chi connectivity index (χ2v) is 3.25. The highest BCUT2D eigenvalue weighted by Crippen LogP contribution is 2.28. The number of hydrogen-bond donors (Lipinski definition) is 0. The summed E-state index contributed by atoms with van der Waals surface area (Å²) in [5.41, 5.74) is -1.05. The number of carbonyl (C=O) groups excluding carboxylic acids is 1. The number of carbonyl (C=O) groups is 1. The van der Waals surface area contributed by atoms with Crippen molar-refractivity contribution in [2.75, 3.05) is 13.6 Å². The minimum absolute atomic E-state index is 0.129. The first-order valence-electron chi connectivity index (χ1n) is 4.52. The van der Waals surface area contributed by atoms with E-state index in [1.165, 1.54) is 7.05 Å². The highest BCUT2D eigenvalue weighted by molar-refractivity contribution is 5.92. The highest BCUT2D eigenvalue weighted by atomic mass is 19.4. The van der Waals surface area contributed by atoms with Gasteiger partial charge in [0.15, 0.2) is 0 Å². The van der Waals surface area contributed by atoms with E-state index in [-0.39, 0.29) is 12.2 Å². The van der Waals surface area contributed by atoms with Gasteiger partial charge in [-0.3, -0.25) is 9.78 Å². The van der Waals surface area contributed by atoms with Crippen LogP contribution in [0.5, 0.6) is 0 Å². The Morgan fingerprint density at radius 3 is 2.59 bits per heavy atom. The second-order valence-electron chi connectivity index (χ2n) is 3.25. The maximum absolute atomic E-state index is 12.2. The van der Waals surface area contributed by atoms with Crippen molar-refractivity contribution < 1.29 is 18.0 Å². The molecule has 4 nitrogen and oxygen atoms in total. The zero-order valence-electron chi connectivity index (χ0n) is 8.82. The fraction of sp³-hybridized carbons (Fsp3) is 0.300. The molecular weight excluding hydrogens is 235 g/mol. The number of halogens is 3. The van der Waals surface area contributed by atoms with Crippen LogP contribution >= 0.6 is 0 Å². The van der Waals surface area contributed by atoms with E-state index in [2.05, 4.69) is 4.98 Å². The first-order valence-corrected chi connectivity index (χ1v) is 4.52. The molecule has 0 saturated carbocycles. The fourth-order valence-corrected chi connectivity index (χ4v) is 1.06. The third kappa shape index (κ3) is 3.17. The van der Waals surface area contributed by atoms with E-state index in [0.717, 1.165) is 17.0 Å². The summed E-state index contributed by atoms with van der Waals surface area (Å²) in [7, 11) is 1.37. The quantitative estimate of drug-likeness (QED) is 0.743. The van der Waals surface area contributed by atoms with Crippen molar-refractivity contribution in [2.24, 2.45) is 0 Å². The Bertz CT molecular complexity index is 447. The largest absolute Gasteiger partial charge is 0.417 e. The van der Waals surface area contributed by atoms with Gasteiger partial charge in [0, 0.05) is 13.2 Å². The predicted molar refractivity (Wildman–Crippen MR) is 51.8 cm³/mol. The molecular formula is C10H8F3N3O. The van der Waals surface area contributed by atoms with Crippen LogP contribution in [0.25, 0.3) is 0 Å². The van der Waals surface area contributed by atoms with Gasteiger partial charge in [-0.15, -0.1) is 0 Å². The summed E-state index contributed by atoms with van der Waals surface area (Å²) in [6.45, 7) is -0.151. The van der Waals surface area contributed by atoms with Gasteiger partial charge >= 0.3 is 6.18 Å². The number of nitriles is 1. The Kier molecular flexibility index (Phi) is 3.68. The van der Waals surface area contributed by atoms with Crippen molar-refractivity contribution >= 4 is 5.91 Å². The maximum atomic E-state index is 12.2. The van der Waals surface area contributed by atoms with Crippen molar-refractivity contribution in [2.45, 2.75) is 6.18 Å². The van der Waals surface area contributed by atoms with Gasteiger partial charge in [0.05, 0.1) is 11.6 Å². The number of nitrogens with zero attached hydrogens (tertiary/aromatic N) is 3. The van der Waals surface area contributed by atoms with Gasteiger partial charge in [0.2, 0.25) is 0 Å². The van der Waals surface area contributed by atoms with Crippen molar-refractivity contribution in [3.63, 3.8) is 0 Å². The first kappa shape index (κ1) is 13.0. The maximum Gasteiger partial charge on any atom is 0.417 e. The topological polar surface area (TPSA) is 57.0 Å². The molecule has 90 valence electrons. The monoisotopic (exact) mass is 243 g/mol. The smallest absolute Gasteiger partial charge is 0.327 e. The van der Waals surface area contributed by atoms with E-state index < -0.39 is 17.6 Å². The van der Waals surface area contributed by atoms with E-state index in [4.69, 9.17) is 5.26 Å². The van der Waals surface area contributed by atoms with Gasteiger partial charge in [0.25, 0.3) is 5.91 Å². The number of alkyl halides is 3. The summed E-state index contributed by atoms with van der Waals surface area (Å²) in [6.07, 6.45) is -3.89. The van der Waals surface area contributed by atoms with Gasteiger partial charge < -0.3 is 4.90 Å². The number of rotatable bonds is 2. The molecule has 0 atom stereocenters. The van der Waals surface area contributed by atoms with Crippen LogP contribution in [0, 0.1) is 11.3 Å². The molecule has 0 aliphatic rings. The average Bonchev–Trinajstić information content (AvgIpc) is 2.27. The van der Waals surface area contributed by atoms with Gasteiger partial charge in [0.1, 0.15) is 12.2 Å². The van der Waals surface area contributed by atoms with E-state index in [1.54, 1.807) is 6.07 Å². The Labute approximate surface area is 95.3 Å². The fourth-order valence-electron chi connectivity index (χ4n) is 1.06. The van der Waals surface area contributed by atoms with E-state index in [0.29, 0.717) is 6.20 Å². The van der Waals surface area contributed by atoms with Crippen LogP contribution in [0.4, 0.5) is 13.2 Å². The molecule has 1 heterocycles. The van der Waals surface area contributed by atoms with Crippen molar-refractivity contribution in [3.05, 3.63) is 29.6 Å². The SMILES string of the molecule is CN(CC#N)C(=O)c1ccc(C(F)(F)F)cn1. The number of pyridine rings is 1. The summed E-state index contributed by atoms with van der Waals surface area (Å²) in [5, 5.41) is 8.37. The van der Waals surface area contributed by atoms with Crippen molar-refractivity contribution in [1.29, 1.82) is 5.26 Å². The normalized spacial score (nSPS) is 10.8.